The number of aromatic amines is 1. The van der Waals surface area contributed by atoms with Crippen LogP contribution in [0.25, 0.3) is 10.9 Å². The van der Waals surface area contributed by atoms with Crippen LogP contribution >= 0.6 is 0 Å². The summed E-state index contributed by atoms with van der Waals surface area (Å²) in [6.45, 7) is -0.000617. The molecule has 31 heavy (non-hydrogen) atoms. The minimum atomic E-state index is -4.92. The van der Waals surface area contributed by atoms with Gasteiger partial charge in [0.1, 0.15) is 0 Å². The lowest BCUT2D eigenvalue weighted by molar-refractivity contribution is -0.188. The first-order valence-electron chi connectivity index (χ1n) is 10.0. The second-order valence-electron chi connectivity index (χ2n) is 7.57. The van der Waals surface area contributed by atoms with Gasteiger partial charge in [-0.25, -0.2) is 0 Å². The number of benzene rings is 2. The fourth-order valence-electron chi connectivity index (χ4n) is 4.38. The Labute approximate surface area is 177 Å². The number of ether oxygens (including phenoxy) is 2. The molecule has 0 aliphatic carbocycles. The molecule has 0 spiro atoms. The molecule has 0 fully saturated rings. The number of fused-ring (bicyclic) bond motifs is 2. The smallest absolute Gasteiger partial charge is 0.471 e. The van der Waals surface area contributed by atoms with Gasteiger partial charge in [-0.2, -0.15) is 13.2 Å². The lowest BCUT2D eigenvalue weighted by atomic mass is 9.88. The van der Waals surface area contributed by atoms with E-state index in [-0.39, 0.29) is 6.54 Å². The van der Waals surface area contributed by atoms with Crippen molar-refractivity contribution >= 4 is 16.8 Å². The third kappa shape index (κ3) is 3.94. The summed E-state index contributed by atoms with van der Waals surface area (Å²) < 4.78 is 50.7. The molecule has 5 nitrogen and oxygen atoms in total. The molecule has 164 valence electrons. The molecule has 1 N–H and O–H groups in total. The standard InChI is InChI=1S/C23H23F3N2O3/c1-30-20-11-14-9-10-28(22(29)23(24,25)26)19(17(14)12-21(20)31-2)8-7-15-13-27-18-6-4-3-5-16(15)18/h3-6,11-13,19,27H,7-10H2,1-2H3. The number of hydrogen-bond donors (Lipinski definition) is 1. The van der Waals surface area contributed by atoms with Gasteiger partial charge >= 0.3 is 12.1 Å². The van der Waals surface area contributed by atoms with Crippen molar-refractivity contribution in [3.63, 3.8) is 0 Å². The van der Waals surface area contributed by atoms with Gasteiger partial charge in [0.05, 0.1) is 20.3 Å². The molecule has 1 aliphatic heterocycles. The molecule has 3 aromatic rings. The summed E-state index contributed by atoms with van der Waals surface area (Å²) in [6, 6.07) is 10.5. The van der Waals surface area contributed by atoms with Crippen LogP contribution in [0.15, 0.2) is 42.6 Å². The third-order valence-corrected chi connectivity index (χ3v) is 5.87. The number of halogens is 3. The first-order valence-corrected chi connectivity index (χ1v) is 10.0. The van der Waals surface area contributed by atoms with Gasteiger partial charge in [0.15, 0.2) is 11.5 Å². The Kier molecular flexibility index (Phi) is 5.56. The van der Waals surface area contributed by atoms with Gasteiger partial charge in [0.2, 0.25) is 0 Å². The van der Waals surface area contributed by atoms with E-state index < -0.39 is 18.1 Å². The van der Waals surface area contributed by atoms with Gasteiger partial charge in [-0.15, -0.1) is 0 Å². The number of aryl methyl sites for hydroxylation is 1. The second-order valence-corrected chi connectivity index (χ2v) is 7.57. The first-order chi connectivity index (χ1) is 14.8. The summed E-state index contributed by atoms with van der Waals surface area (Å²) in [7, 11) is 2.99. The molecule has 2 aromatic carbocycles. The SMILES string of the molecule is COc1cc2c(cc1OC)C(CCc1c[nH]c3ccccc13)N(C(=O)C(F)(F)F)CC2. The van der Waals surface area contributed by atoms with E-state index in [1.165, 1.54) is 14.2 Å². The maximum absolute atomic E-state index is 13.3. The van der Waals surface area contributed by atoms with Crippen molar-refractivity contribution in [1.82, 2.24) is 9.88 Å². The van der Waals surface area contributed by atoms with Crippen LogP contribution in [0.2, 0.25) is 0 Å². The maximum Gasteiger partial charge on any atom is 0.471 e. The maximum atomic E-state index is 13.3. The normalized spacial score (nSPS) is 16.3. The number of H-pyrrole nitrogens is 1. The Bertz CT molecular complexity index is 1110. The van der Waals surface area contributed by atoms with Crippen molar-refractivity contribution < 1.29 is 27.4 Å². The molecule has 1 atom stereocenters. The summed E-state index contributed by atoms with van der Waals surface area (Å²) in [5.41, 5.74) is 3.51. The van der Waals surface area contributed by atoms with E-state index >= 15 is 0 Å². The third-order valence-electron chi connectivity index (χ3n) is 5.87. The molecule has 4 rings (SSSR count). The number of rotatable bonds is 5. The Balaban J connectivity index is 1.71. The average molecular weight is 432 g/mol. The summed E-state index contributed by atoms with van der Waals surface area (Å²) in [4.78, 5) is 16.4. The molecular weight excluding hydrogens is 409 g/mol. The zero-order chi connectivity index (χ0) is 22.2. The van der Waals surface area contributed by atoms with Gasteiger partial charge in [-0.05, 0) is 54.2 Å². The summed E-state index contributed by atoms with van der Waals surface area (Å²) in [6.07, 6.45) is -1.86. The topological polar surface area (TPSA) is 54.6 Å². The minimum absolute atomic E-state index is 0.000617. The largest absolute Gasteiger partial charge is 0.493 e. The van der Waals surface area contributed by atoms with Crippen LogP contribution in [0.1, 0.15) is 29.2 Å². The molecule has 2 heterocycles. The first kappa shape index (κ1) is 21.1. The highest BCUT2D eigenvalue weighted by Crippen LogP contribution is 2.41. The van der Waals surface area contributed by atoms with Crippen molar-refractivity contribution in [3.8, 4) is 11.5 Å². The van der Waals surface area contributed by atoms with Crippen LogP contribution in [-0.2, 0) is 17.6 Å². The number of alkyl halides is 3. The Morgan fingerprint density at radius 2 is 1.87 bits per heavy atom. The highest BCUT2D eigenvalue weighted by atomic mass is 19.4. The molecular formula is C23H23F3N2O3. The number of amides is 1. The van der Waals surface area contributed by atoms with Gasteiger partial charge in [0, 0.05) is 23.6 Å². The van der Waals surface area contributed by atoms with Crippen LogP contribution < -0.4 is 9.47 Å². The van der Waals surface area contributed by atoms with Crippen molar-refractivity contribution in [2.24, 2.45) is 0 Å². The molecule has 8 heteroatoms. The van der Waals surface area contributed by atoms with E-state index in [4.69, 9.17) is 9.47 Å². The fourth-order valence-corrected chi connectivity index (χ4v) is 4.38. The minimum Gasteiger partial charge on any atom is -0.493 e. The fraction of sp³-hybridized carbons (Fsp3) is 0.348. The van der Waals surface area contributed by atoms with Crippen molar-refractivity contribution in [2.45, 2.75) is 31.5 Å². The van der Waals surface area contributed by atoms with Crippen LogP contribution in [0, 0.1) is 0 Å². The van der Waals surface area contributed by atoms with E-state index in [0.29, 0.717) is 36.3 Å². The van der Waals surface area contributed by atoms with Gasteiger partial charge in [-0.3, -0.25) is 4.79 Å². The molecule has 1 aromatic heterocycles. The van der Waals surface area contributed by atoms with Crippen molar-refractivity contribution in [2.75, 3.05) is 20.8 Å². The molecule has 0 saturated carbocycles. The summed E-state index contributed by atoms with van der Waals surface area (Å²) in [5.74, 6) is -0.858. The van der Waals surface area contributed by atoms with Crippen LogP contribution in [-0.4, -0.2) is 42.7 Å². The second kappa shape index (κ2) is 8.17. The van der Waals surface area contributed by atoms with E-state index in [9.17, 15) is 18.0 Å². The summed E-state index contributed by atoms with van der Waals surface area (Å²) >= 11 is 0. The summed E-state index contributed by atoms with van der Waals surface area (Å²) in [5, 5.41) is 1.03. The number of hydrogen-bond acceptors (Lipinski definition) is 3. The lowest BCUT2D eigenvalue weighted by Crippen LogP contribution is -2.46. The van der Waals surface area contributed by atoms with E-state index in [1.807, 2.05) is 30.5 Å². The number of nitrogens with one attached hydrogen (secondary N) is 1. The predicted octanol–water partition coefficient (Wildman–Crippen LogP) is 4.81. The number of methoxy groups -OCH3 is 2. The van der Waals surface area contributed by atoms with E-state index in [1.54, 1.807) is 12.1 Å². The predicted molar refractivity (Wildman–Crippen MR) is 110 cm³/mol. The number of aromatic nitrogens is 1. The quantitative estimate of drug-likeness (QED) is 0.630. The van der Waals surface area contributed by atoms with E-state index in [2.05, 4.69) is 4.98 Å². The number of para-hydroxylation sites is 1. The Morgan fingerprint density at radius 3 is 2.58 bits per heavy atom. The van der Waals surface area contributed by atoms with Crippen LogP contribution in [0.4, 0.5) is 13.2 Å². The number of carbonyl (C=O) groups is 1. The van der Waals surface area contributed by atoms with Crippen molar-refractivity contribution in [1.29, 1.82) is 0 Å². The van der Waals surface area contributed by atoms with Crippen LogP contribution in [0.5, 0.6) is 11.5 Å². The molecule has 1 amide bonds. The monoisotopic (exact) mass is 432 g/mol. The van der Waals surface area contributed by atoms with E-state index in [0.717, 1.165) is 26.9 Å². The Hall–Kier alpha value is -3.16. The van der Waals surface area contributed by atoms with Gasteiger partial charge in [0.25, 0.3) is 0 Å². The average Bonchev–Trinajstić information content (AvgIpc) is 3.18. The zero-order valence-corrected chi connectivity index (χ0v) is 17.3. The van der Waals surface area contributed by atoms with Gasteiger partial charge < -0.3 is 19.4 Å². The molecule has 0 radical (unpaired) electrons. The Morgan fingerprint density at radius 1 is 1.16 bits per heavy atom. The number of nitrogens with zero attached hydrogens (tertiary/aromatic N) is 1. The molecule has 1 unspecified atom stereocenters. The highest BCUT2D eigenvalue weighted by Gasteiger charge is 2.46. The highest BCUT2D eigenvalue weighted by molar-refractivity contribution is 5.84. The zero-order valence-electron chi connectivity index (χ0n) is 17.3. The number of carbonyl (C=O) groups excluding carboxylic acids is 1. The van der Waals surface area contributed by atoms with Crippen molar-refractivity contribution in [3.05, 3.63) is 59.3 Å². The molecule has 0 saturated heterocycles. The molecule has 0 bridgehead atoms. The lowest BCUT2D eigenvalue weighted by Gasteiger charge is -2.38. The van der Waals surface area contributed by atoms with Gasteiger partial charge in [-0.1, -0.05) is 18.2 Å². The molecule has 1 aliphatic rings. The van der Waals surface area contributed by atoms with Crippen LogP contribution in [0.3, 0.4) is 0 Å².